The zero-order valence-electron chi connectivity index (χ0n) is 31.6. The van der Waals surface area contributed by atoms with E-state index in [1.165, 1.54) is 38.5 Å². The fourth-order valence-electron chi connectivity index (χ4n) is 8.38. The molecule has 0 amide bonds. The molecule has 274 valence electrons. The van der Waals surface area contributed by atoms with Crippen LogP contribution in [-0.4, -0.2) is 19.5 Å². The molecule has 11 aromatic rings. The summed E-state index contributed by atoms with van der Waals surface area (Å²) in [5.41, 5.74) is 13.1. The molecule has 0 unspecified atom stereocenters. The topological polar surface area (TPSA) is 56.7 Å². The number of nitrogens with zero attached hydrogens (tertiary/aromatic N) is 4. The highest BCUT2D eigenvalue weighted by molar-refractivity contribution is 6.10. The van der Waals surface area contributed by atoms with E-state index in [0.717, 1.165) is 56.3 Å². The second-order valence-electron chi connectivity index (χ2n) is 14.8. The summed E-state index contributed by atoms with van der Waals surface area (Å²) in [6, 6.07) is 68.1. The minimum Gasteiger partial charge on any atom is -0.456 e. The predicted molar refractivity (Wildman–Crippen MR) is 236 cm³/mol. The fourth-order valence-corrected chi connectivity index (χ4v) is 8.38. The van der Waals surface area contributed by atoms with Crippen molar-refractivity contribution in [1.82, 2.24) is 19.5 Å². The molecule has 0 aliphatic heterocycles. The van der Waals surface area contributed by atoms with E-state index < -0.39 is 0 Å². The van der Waals surface area contributed by atoms with Gasteiger partial charge in [0, 0.05) is 44.8 Å². The number of aromatic nitrogens is 4. The monoisotopic (exact) mass is 744 g/mol. The summed E-state index contributed by atoms with van der Waals surface area (Å²) in [4.78, 5) is 15.1. The Hall–Kier alpha value is -7.63. The molecule has 5 heteroatoms. The maximum absolute atomic E-state index is 6.46. The van der Waals surface area contributed by atoms with Crippen molar-refractivity contribution < 1.29 is 4.42 Å². The van der Waals surface area contributed by atoms with E-state index in [1.807, 2.05) is 36.4 Å². The third-order valence-electron chi connectivity index (χ3n) is 11.1. The molecule has 0 saturated carbocycles. The first kappa shape index (κ1) is 33.7. The van der Waals surface area contributed by atoms with Crippen molar-refractivity contribution in [3.63, 3.8) is 0 Å². The first-order valence-corrected chi connectivity index (χ1v) is 19.7. The van der Waals surface area contributed by atoms with E-state index in [4.69, 9.17) is 19.4 Å². The first-order chi connectivity index (χ1) is 28.7. The molecular formula is C53H36N4O. The average molecular weight is 745 g/mol. The Morgan fingerprint density at radius 1 is 0.397 bits per heavy atom. The zero-order chi connectivity index (χ0) is 38.4. The molecule has 0 N–H and O–H groups in total. The van der Waals surface area contributed by atoms with Crippen LogP contribution in [0, 0.1) is 0 Å². The minimum atomic E-state index is 0.524. The molecule has 58 heavy (non-hydrogen) atoms. The van der Waals surface area contributed by atoms with Crippen LogP contribution in [0.4, 0.5) is 0 Å². The van der Waals surface area contributed by atoms with Crippen molar-refractivity contribution in [1.29, 1.82) is 0 Å². The van der Waals surface area contributed by atoms with Crippen molar-refractivity contribution in [2.24, 2.45) is 0 Å². The van der Waals surface area contributed by atoms with Gasteiger partial charge in [0.05, 0.1) is 11.0 Å². The highest BCUT2D eigenvalue weighted by Gasteiger charge is 2.17. The summed E-state index contributed by atoms with van der Waals surface area (Å²) >= 11 is 0. The Bertz CT molecular complexity index is 3260. The van der Waals surface area contributed by atoms with Crippen molar-refractivity contribution >= 4 is 43.7 Å². The minimum absolute atomic E-state index is 0.524. The summed E-state index contributed by atoms with van der Waals surface area (Å²) in [5.74, 6) is 2.01. The van der Waals surface area contributed by atoms with Crippen LogP contribution in [0.2, 0.25) is 0 Å². The SMILES string of the molecule is c1ccc(-c2ccc(-c3nc(Cc4cccc5oc6ccc(Cc7ccc8c(c7)c7ccccc7n8-c7ccccc7)cc6c45)nc(-c4ccccc4)n3)cc2)cc1. The number of rotatable bonds is 8. The maximum atomic E-state index is 6.46. The highest BCUT2D eigenvalue weighted by Crippen LogP contribution is 2.36. The van der Waals surface area contributed by atoms with Gasteiger partial charge in [-0.3, -0.25) is 0 Å². The van der Waals surface area contributed by atoms with Crippen LogP contribution >= 0.6 is 0 Å². The lowest BCUT2D eigenvalue weighted by Gasteiger charge is -2.10. The average Bonchev–Trinajstić information content (AvgIpc) is 3.83. The van der Waals surface area contributed by atoms with E-state index in [2.05, 4.69) is 162 Å². The lowest BCUT2D eigenvalue weighted by atomic mass is 9.99. The molecule has 0 aliphatic carbocycles. The smallest absolute Gasteiger partial charge is 0.163 e. The normalized spacial score (nSPS) is 11.6. The Morgan fingerprint density at radius 3 is 1.74 bits per heavy atom. The highest BCUT2D eigenvalue weighted by atomic mass is 16.3. The molecule has 8 aromatic carbocycles. The van der Waals surface area contributed by atoms with Gasteiger partial charge in [-0.05, 0) is 82.8 Å². The summed E-state index contributed by atoms with van der Waals surface area (Å²) in [5, 5.41) is 4.70. The molecule has 0 radical (unpaired) electrons. The maximum Gasteiger partial charge on any atom is 0.163 e. The number of fused-ring (bicyclic) bond motifs is 6. The molecule has 0 saturated heterocycles. The predicted octanol–water partition coefficient (Wildman–Crippen LogP) is 13.1. The largest absolute Gasteiger partial charge is 0.456 e. The number of hydrogen-bond donors (Lipinski definition) is 0. The standard InChI is InChI=1S/C53H36N4O/c1-4-13-37(14-5-1)38-25-27-40(28-26-38)53-55-50(54-52(56-53)39-15-6-2-7-16-39)34-41-17-12-22-49-51(41)45-33-36(24-30-48(45)58-49)31-35-23-29-47-44(32-35)43-20-10-11-21-46(43)57(47)42-18-8-3-9-19-42/h1-30,32-33H,31,34H2. The van der Waals surface area contributed by atoms with Gasteiger partial charge in [0.15, 0.2) is 11.6 Å². The van der Waals surface area contributed by atoms with E-state index in [-0.39, 0.29) is 0 Å². The molecule has 0 bridgehead atoms. The molecule has 0 fully saturated rings. The van der Waals surface area contributed by atoms with Gasteiger partial charge in [0.2, 0.25) is 0 Å². The van der Waals surface area contributed by atoms with Crippen LogP contribution in [0.5, 0.6) is 0 Å². The molecular weight excluding hydrogens is 709 g/mol. The summed E-state index contributed by atoms with van der Waals surface area (Å²) in [7, 11) is 0. The lowest BCUT2D eigenvalue weighted by Crippen LogP contribution is -2.04. The summed E-state index contributed by atoms with van der Waals surface area (Å²) in [6.45, 7) is 0. The van der Waals surface area contributed by atoms with Gasteiger partial charge in [-0.15, -0.1) is 0 Å². The van der Waals surface area contributed by atoms with Crippen molar-refractivity contribution in [2.45, 2.75) is 12.8 Å². The van der Waals surface area contributed by atoms with Crippen LogP contribution in [0.1, 0.15) is 22.5 Å². The van der Waals surface area contributed by atoms with Gasteiger partial charge in [0.25, 0.3) is 0 Å². The van der Waals surface area contributed by atoms with Gasteiger partial charge >= 0.3 is 0 Å². The van der Waals surface area contributed by atoms with Crippen molar-refractivity contribution in [3.05, 3.63) is 217 Å². The molecule has 11 rings (SSSR count). The molecule has 5 nitrogen and oxygen atoms in total. The van der Waals surface area contributed by atoms with Crippen LogP contribution in [0.3, 0.4) is 0 Å². The summed E-state index contributed by atoms with van der Waals surface area (Å²) < 4.78 is 8.83. The molecule has 0 atom stereocenters. The van der Waals surface area contributed by atoms with Gasteiger partial charge in [0.1, 0.15) is 17.0 Å². The van der Waals surface area contributed by atoms with Gasteiger partial charge < -0.3 is 8.98 Å². The lowest BCUT2D eigenvalue weighted by molar-refractivity contribution is 0.668. The quantitative estimate of drug-likeness (QED) is 0.155. The Balaban J connectivity index is 0.962. The molecule has 0 spiro atoms. The van der Waals surface area contributed by atoms with Crippen LogP contribution in [0.25, 0.3) is 83.3 Å². The van der Waals surface area contributed by atoms with E-state index >= 15 is 0 Å². The van der Waals surface area contributed by atoms with E-state index in [1.54, 1.807) is 0 Å². The number of benzene rings is 8. The second-order valence-corrected chi connectivity index (χ2v) is 14.8. The Morgan fingerprint density at radius 2 is 0.983 bits per heavy atom. The van der Waals surface area contributed by atoms with Crippen LogP contribution < -0.4 is 0 Å². The van der Waals surface area contributed by atoms with Crippen molar-refractivity contribution in [3.8, 4) is 39.6 Å². The molecule has 3 heterocycles. The fraction of sp³-hybridized carbons (Fsp3) is 0.0377. The third-order valence-corrected chi connectivity index (χ3v) is 11.1. The first-order valence-electron chi connectivity index (χ1n) is 19.7. The van der Waals surface area contributed by atoms with Gasteiger partial charge in [-0.2, -0.15) is 0 Å². The number of hydrogen-bond acceptors (Lipinski definition) is 4. The number of para-hydroxylation sites is 2. The van der Waals surface area contributed by atoms with Crippen LogP contribution in [-0.2, 0) is 12.8 Å². The third kappa shape index (κ3) is 6.10. The molecule has 3 aromatic heterocycles. The van der Waals surface area contributed by atoms with E-state index in [0.29, 0.717) is 23.9 Å². The number of furan rings is 1. The Labute approximate surface area is 335 Å². The second kappa shape index (κ2) is 14.1. The summed E-state index contributed by atoms with van der Waals surface area (Å²) in [6.07, 6.45) is 1.32. The van der Waals surface area contributed by atoms with Crippen LogP contribution in [0.15, 0.2) is 199 Å². The van der Waals surface area contributed by atoms with E-state index in [9.17, 15) is 0 Å². The van der Waals surface area contributed by atoms with Gasteiger partial charge in [-0.25, -0.2) is 15.0 Å². The molecule has 0 aliphatic rings. The Kier molecular flexibility index (Phi) is 8.21. The van der Waals surface area contributed by atoms with Crippen molar-refractivity contribution in [2.75, 3.05) is 0 Å². The zero-order valence-corrected chi connectivity index (χ0v) is 31.6. The van der Waals surface area contributed by atoms with Gasteiger partial charge in [-0.1, -0.05) is 146 Å².